The van der Waals surface area contributed by atoms with Crippen molar-refractivity contribution >= 4 is 5.69 Å². The molecule has 0 amide bonds. The molecule has 3 rings (SSSR count). The topological polar surface area (TPSA) is 33.3 Å². The molecule has 2 aromatic rings. The first-order valence-electron chi connectivity index (χ1n) is 8.03. The number of hydrogen-bond acceptors (Lipinski definition) is 3. The molecule has 0 atom stereocenters. The molecule has 0 spiro atoms. The maximum Gasteiger partial charge on any atom is 0.143 e. The highest BCUT2D eigenvalue weighted by Gasteiger charge is 2.26. The van der Waals surface area contributed by atoms with Crippen LogP contribution >= 0.6 is 0 Å². The molecule has 1 heterocycles. The lowest BCUT2D eigenvalue weighted by Crippen LogP contribution is -2.40. The van der Waals surface area contributed by atoms with E-state index in [1.54, 1.807) is 6.07 Å². The van der Waals surface area contributed by atoms with E-state index in [0.717, 1.165) is 30.9 Å². The van der Waals surface area contributed by atoms with Crippen molar-refractivity contribution in [2.24, 2.45) is 0 Å². The zero-order valence-electron chi connectivity index (χ0n) is 13.7. The number of benzene rings is 2. The van der Waals surface area contributed by atoms with Gasteiger partial charge < -0.3 is 15.4 Å². The molecule has 0 aliphatic carbocycles. The Balaban J connectivity index is 1.53. The Kier molecular flexibility index (Phi) is 4.53. The third kappa shape index (κ3) is 4.02. The van der Waals surface area contributed by atoms with Crippen LogP contribution in [0.5, 0.6) is 5.75 Å². The largest absolute Gasteiger partial charge is 0.484 e. The second-order valence-electron chi connectivity index (χ2n) is 6.56. The SMILES string of the molecule is CC1(C)CNc2cc(CCNCc3ccccc3F)ccc2O1. The summed E-state index contributed by atoms with van der Waals surface area (Å²) in [5, 5.41) is 6.71. The molecule has 0 fully saturated rings. The van der Waals surface area contributed by atoms with Gasteiger partial charge in [-0.1, -0.05) is 24.3 Å². The quantitative estimate of drug-likeness (QED) is 0.825. The van der Waals surface area contributed by atoms with Gasteiger partial charge in [-0.15, -0.1) is 0 Å². The molecule has 0 saturated carbocycles. The minimum Gasteiger partial charge on any atom is -0.484 e. The van der Waals surface area contributed by atoms with Gasteiger partial charge in [-0.2, -0.15) is 0 Å². The summed E-state index contributed by atoms with van der Waals surface area (Å²) in [6.07, 6.45) is 0.896. The van der Waals surface area contributed by atoms with Crippen molar-refractivity contribution in [3.05, 3.63) is 59.4 Å². The highest BCUT2D eigenvalue weighted by Crippen LogP contribution is 2.33. The fourth-order valence-electron chi connectivity index (χ4n) is 2.70. The molecule has 0 saturated heterocycles. The van der Waals surface area contributed by atoms with Crippen LogP contribution in [-0.2, 0) is 13.0 Å². The summed E-state index contributed by atoms with van der Waals surface area (Å²) in [6.45, 7) is 6.30. The molecule has 1 aliphatic heterocycles. The molecule has 2 N–H and O–H groups in total. The van der Waals surface area contributed by atoms with Gasteiger partial charge in [-0.3, -0.25) is 0 Å². The third-order valence-corrected chi connectivity index (χ3v) is 4.00. The van der Waals surface area contributed by atoms with Gasteiger partial charge in [0.05, 0.1) is 12.2 Å². The van der Waals surface area contributed by atoms with Crippen LogP contribution in [0.4, 0.5) is 10.1 Å². The van der Waals surface area contributed by atoms with E-state index in [1.807, 2.05) is 18.2 Å². The number of fused-ring (bicyclic) bond motifs is 1. The summed E-state index contributed by atoms with van der Waals surface area (Å²) in [5.74, 6) is 0.752. The zero-order chi connectivity index (χ0) is 16.3. The Labute approximate surface area is 136 Å². The van der Waals surface area contributed by atoms with Crippen LogP contribution in [0.2, 0.25) is 0 Å². The van der Waals surface area contributed by atoms with Crippen molar-refractivity contribution in [2.75, 3.05) is 18.4 Å². The second-order valence-corrected chi connectivity index (χ2v) is 6.56. The van der Waals surface area contributed by atoms with E-state index in [1.165, 1.54) is 11.6 Å². The van der Waals surface area contributed by atoms with Crippen LogP contribution in [-0.4, -0.2) is 18.7 Å². The van der Waals surface area contributed by atoms with Gasteiger partial charge in [-0.05, 0) is 50.6 Å². The first-order valence-corrected chi connectivity index (χ1v) is 8.03. The Morgan fingerprint density at radius 2 is 2.04 bits per heavy atom. The minimum atomic E-state index is -0.171. The van der Waals surface area contributed by atoms with E-state index >= 15 is 0 Å². The van der Waals surface area contributed by atoms with Crippen molar-refractivity contribution in [3.63, 3.8) is 0 Å². The summed E-state index contributed by atoms with van der Waals surface area (Å²) in [5.41, 5.74) is 2.82. The molecule has 0 radical (unpaired) electrons. The highest BCUT2D eigenvalue weighted by molar-refractivity contribution is 5.60. The fraction of sp³-hybridized carbons (Fsp3) is 0.368. The lowest BCUT2D eigenvalue weighted by molar-refractivity contribution is 0.116. The van der Waals surface area contributed by atoms with Crippen molar-refractivity contribution in [1.29, 1.82) is 0 Å². The maximum absolute atomic E-state index is 13.5. The van der Waals surface area contributed by atoms with Gasteiger partial charge in [0.25, 0.3) is 0 Å². The van der Waals surface area contributed by atoms with Crippen molar-refractivity contribution in [1.82, 2.24) is 5.32 Å². The molecule has 1 aliphatic rings. The van der Waals surface area contributed by atoms with E-state index in [0.29, 0.717) is 12.1 Å². The van der Waals surface area contributed by atoms with E-state index in [4.69, 9.17) is 4.74 Å². The molecule has 4 heteroatoms. The Bertz CT molecular complexity index is 685. The number of rotatable bonds is 5. The molecular formula is C19H23FN2O. The normalized spacial score (nSPS) is 15.4. The van der Waals surface area contributed by atoms with Crippen LogP contribution in [0.25, 0.3) is 0 Å². The summed E-state index contributed by atoms with van der Waals surface area (Å²) in [4.78, 5) is 0. The lowest BCUT2D eigenvalue weighted by Gasteiger charge is -2.33. The number of nitrogens with one attached hydrogen (secondary N) is 2. The van der Waals surface area contributed by atoms with Crippen molar-refractivity contribution in [3.8, 4) is 5.75 Å². The molecule has 0 bridgehead atoms. The molecule has 0 aromatic heterocycles. The monoisotopic (exact) mass is 314 g/mol. The lowest BCUT2D eigenvalue weighted by atomic mass is 10.0. The van der Waals surface area contributed by atoms with Crippen LogP contribution < -0.4 is 15.4 Å². The van der Waals surface area contributed by atoms with E-state index < -0.39 is 0 Å². The molecular weight excluding hydrogens is 291 g/mol. The van der Waals surface area contributed by atoms with Crippen LogP contribution in [0.1, 0.15) is 25.0 Å². The van der Waals surface area contributed by atoms with Gasteiger partial charge in [0, 0.05) is 12.1 Å². The van der Waals surface area contributed by atoms with Gasteiger partial charge >= 0.3 is 0 Å². The average molecular weight is 314 g/mol. The van der Waals surface area contributed by atoms with E-state index in [2.05, 4.69) is 36.6 Å². The predicted molar refractivity (Wildman–Crippen MR) is 91.4 cm³/mol. The third-order valence-electron chi connectivity index (χ3n) is 4.00. The van der Waals surface area contributed by atoms with Crippen molar-refractivity contribution in [2.45, 2.75) is 32.4 Å². The van der Waals surface area contributed by atoms with Crippen LogP contribution in [0.3, 0.4) is 0 Å². The number of hydrogen-bond donors (Lipinski definition) is 2. The fourth-order valence-corrected chi connectivity index (χ4v) is 2.70. The van der Waals surface area contributed by atoms with Gasteiger partial charge in [-0.25, -0.2) is 4.39 Å². The van der Waals surface area contributed by atoms with Crippen LogP contribution in [0.15, 0.2) is 42.5 Å². The minimum absolute atomic E-state index is 0.155. The first kappa shape index (κ1) is 15.8. The summed E-state index contributed by atoms with van der Waals surface area (Å²) >= 11 is 0. The highest BCUT2D eigenvalue weighted by atomic mass is 19.1. The Hall–Kier alpha value is -2.07. The smallest absolute Gasteiger partial charge is 0.143 e. The summed E-state index contributed by atoms with van der Waals surface area (Å²) in [6, 6.07) is 13.1. The number of anilines is 1. The van der Waals surface area contributed by atoms with E-state index in [9.17, 15) is 4.39 Å². The molecule has 2 aromatic carbocycles. The summed E-state index contributed by atoms with van der Waals surface area (Å²) in [7, 11) is 0. The van der Waals surface area contributed by atoms with Gasteiger partial charge in [0.15, 0.2) is 0 Å². The number of halogens is 1. The standard InChI is InChI=1S/C19H23FN2O/c1-19(2)13-22-17-11-14(7-8-18(17)23-19)9-10-21-12-15-5-3-4-6-16(15)20/h3-8,11,21-22H,9-10,12-13H2,1-2H3. The average Bonchev–Trinajstić information content (AvgIpc) is 2.52. The van der Waals surface area contributed by atoms with Crippen molar-refractivity contribution < 1.29 is 9.13 Å². The zero-order valence-corrected chi connectivity index (χ0v) is 13.7. The molecule has 122 valence electrons. The second kappa shape index (κ2) is 6.59. The maximum atomic E-state index is 13.5. The predicted octanol–water partition coefficient (Wildman–Crippen LogP) is 3.74. The summed E-state index contributed by atoms with van der Waals surface area (Å²) < 4.78 is 19.5. The Morgan fingerprint density at radius 1 is 1.22 bits per heavy atom. The van der Waals surface area contributed by atoms with Gasteiger partial charge in [0.2, 0.25) is 0 Å². The van der Waals surface area contributed by atoms with E-state index in [-0.39, 0.29) is 11.4 Å². The molecule has 23 heavy (non-hydrogen) atoms. The number of ether oxygens (including phenoxy) is 1. The molecule has 3 nitrogen and oxygen atoms in total. The Morgan fingerprint density at radius 3 is 2.87 bits per heavy atom. The molecule has 0 unspecified atom stereocenters. The first-order chi connectivity index (χ1) is 11.0. The van der Waals surface area contributed by atoms with Gasteiger partial charge in [0.1, 0.15) is 17.2 Å². The van der Waals surface area contributed by atoms with Crippen LogP contribution in [0, 0.1) is 5.82 Å².